The van der Waals surface area contributed by atoms with Crippen molar-refractivity contribution in [1.29, 1.82) is 0 Å². The fraction of sp³-hybridized carbons (Fsp3) is 0.667. The Kier molecular flexibility index (Phi) is 10.8. The quantitative estimate of drug-likeness (QED) is 0.855. The summed E-state index contributed by atoms with van der Waals surface area (Å²) in [5.41, 5.74) is 0. The molecule has 0 aromatic carbocycles. The maximum absolute atomic E-state index is 4.26. The Morgan fingerprint density at radius 2 is 2.14 bits per heavy atom. The molecular formula is C9H19Cl2N3. The molecule has 0 aliphatic rings. The second-order valence-electron chi connectivity index (χ2n) is 2.92. The number of hydrogen-bond donors (Lipinski definition) is 1. The fourth-order valence-corrected chi connectivity index (χ4v) is 1.20. The van der Waals surface area contributed by atoms with Crippen LogP contribution in [0, 0.1) is 0 Å². The molecule has 84 valence electrons. The molecule has 0 amide bonds. The summed E-state index contributed by atoms with van der Waals surface area (Å²) in [5.74, 6) is 1.13. The van der Waals surface area contributed by atoms with Gasteiger partial charge in [0.15, 0.2) is 0 Å². The van der Waals surface area contributed by atoms with E-state index in [1.807, 2.05) is 19.4 Å². The monoisotopic (exact) mass is 239 g/mol. The van der Waals surface area contributed by atoms with Gasteiger partial charge >= 0.3 is 0 Å². The number of imidazole rings is 1. The highest BCUT2D eigenvalue weighted by Gasteiger charge is 1.99. The van der Waals surface area contributed by atoms with Crippen LogP contribution in [0.1, 0.15) is 25.6 Å². The first kappa shape index (κ1) is 16.2. The molecule has 0 bridgehead atoms. The van der Waals surface area contributed by atoms with Gasteiger partial charge in [0, 0.05) is 18.9 Å². The molecular weight excluding hydrogens is 221 g/mol. The summed E-state index contributed by atoms with van der Waals surface area (Å²) in [4.78, 5) is 4.26. The maximum Gasteiger partial charge on any atom is 0.122 e. The van der Waals surface area contributed by atoms with E-state index >= 15 is 0 Å². The van der Waals surface area contributed by atoms with Gasteiger partial charge in [0.1, 0.15) is 5.82 Å². The van der Waals surface area contributed by atoms with Crippen molar-refractivity contribution in [2.45, 2.75) is 32.9 Å². The van der Waals surface area contributed by atoms with Crippen LogP contribution >= 0.6 is 24.8 Å². The summed E-state index contributed by atoms with van der Waals surface area (Å²) < 4.78 is 2.21. The van der Waals surface area contributed by atoms with Crippen molar-refractivity contribution in [2.75, 3.05) is 7.05 Å². The van der Waals surface area contributed by atoms with Gasteiger partial charge in [0.05, 0.1) is 6.54 Å². The lowest BCUT2D eigenvalue weighted by molar-refractivity contribution is 0.587. The maximum atomic E-state index is 4.26. The number of aryl methyl sites for hydroxylation is 1. The van der Waals surface area contributed by atoms with Crippen molar-refractivity contribution >= 4 is 24.8 Å². The van der Waals surface area contributed by atoms with Gasteiger partial charge in [0.2, 0.25) is 0 Å². The first-order valence-corrected chi connectivity index (χ1v) is 4.53. The topological polar surface area (TPSA) is 29.9 Å². The van der Waals surface area contributed by atoms with Crippen LogP contribution in [-0.4, -0.2) is 16.6 Å². The normalized spacial score (nSPS) is 9.00. The van der Waals surface area contributed by atoms with Gasteiger partial charge in [-0.3, -0.25) is 0 Å². The smallest absolute Gasteiger partial charge is 0.122 e. The van der Waals surface area contributed by atoms with Crippen LogP contribution in [-0.2, 0) is 13.1 Å². The zero-order chi connectivity index (χ0) is 8.81. The first-order valence-electron chi connectivity index (χ1n) is 4.53. The second-order valence-corrected chi connectivity index (χ2v) is 2.92. The minimum absolute atomic E-state index is 0. The molecule has 1 rings (SSSR count). The summed E-state index contributed by atoms with van der Waals surface area (Å²) in [5, 5.41) is 3.10. The molecule has 1 heterocycles. The Labute approximate surface area is 98.1 Å². The van der Waals surface area contributed by atoms with Crippen LogP contribution in [0.2, 0.25) is 0 Å². The minimum atomic E-state index is 0. The third-order valence-electron chi connectivity index (χ3n) is 1.89. The molecule has 0 saturated carbocycles. The van der Waals surface area contributed by atoms with Crippen LogP contribution in [0.4, 0.5) is 0 Å². The number of unbranched alkanes of at least 4 members (excludes halogenated alkanes) is 1. The highest BCUT2D eigenvalue weighted by molar-refractivity contribution is 5.85. The zero-order valence-corrected chi connectivity index (χ0v) is 10.3. The average Bonchev–Trinajstić information content (AvgIpc) is 2.50. The molecule has 0 unspecified atom stereocenters. The van der Waals surface area contributed by atoms with Gasteiger partial charge in [0.25, 0.3) is 0 Å². The standard InChI is InChI=1S/C9H17N3.2ClH/c1-3-4-6-12-7-5-11-9(12)8-10-2;;/h5,7,10H,3-4,6,8H2,1-2H3;2*1H. The number of aromatic nitrogens is 2. The molecule has 3 nitrogen and oxygen atoms in total. The highest BCUT2D eigenvalue weighted by atomic mass is 35.5. The van der Waals surface area contributed by atoms with E-state index in [9.17, 15) is 0 Å². The molecule has 0 fully saturated rings. The van der Waals surface area contributed by atoms with Crippen molar-refractivity contribution in [3.05, 3.63) is 18.2 Å². The van der Waals surface area contributed by atoms with E-state index in [1.54, 1.807) is 0 Å². The number of nitrogens with zero attached hydrogens (tertiary/aromatic N) is 2. The lowest BCUT2D eigenvalue weighted by atomic mass is 10.3. The number of nitrogens with one attached hydrogen (secondary N) is 1. The van der Waals surface area contributed by atoms with Crippen molar-refractivity contribution < 1.29 is 0 Å². The van der Waals surface area contributed by atoms with Gasteiger partial charge in [-0.25, -0.2) is 4.98 Å². The van der Waals surface area contributed by atoms with E-state index in [1.165, 1.54) is 12.8 Å². The summed E-state index contributed by atoms with van der Waals surface area (Å²) in [7, 11) is 1.94. The van der Waals surface area contributed by atoms with E-state index in [-0.39, 0.29) is 24.8 Å². The average molecular weight is 240 g/mol. The van der Waals surface area contributed by atoms with E-state index in [4.69, 9.17) is 0 Å². The van der Waals surface area contributed by atoms with Gasteiger partial charge in [-0.1, -0.05) is 13.3 Å². The van der Waals surface area contributed by atoms with E-state index < -0.39 is 0 Å². The molecule has 0 aliphatic heterocycles. The molecule has 1 aromatic rings. The molecule has 0 saturated heterocycles. The lowest BCUT2D eigenvalue weighted by Crippen LogP contribution is -2.12. The van der Waals surface area contributed by atoms with Crippen molar-refractivity contribution in [3.63, 3.8) is 0 Å². The number of halogens is 2. The number of rotatable bonds is 5. The minimum Gasteiger partial charge on any atom is -0.334 e. The predicted molar refractivity (Wildman–Crippen MR) is 64.4 cm³/mol. The van der Waals surface area contributed by atoms with E-state index in [0.29, 0.717) is 0 Å². The summed E-state index contributed by atoms with van der Waals surface area (Å²) >= 11 is 0. The zero-order valence-electron chi connectivity index (χ0n) is 8.69. The van der Waals surface area contributed by atoms with Crippen molar-refractivity contribution in [1.82, 2.24) is 14.9 Å². The van der Waals surface area contributed by atoms with Gasteiger partial charge in [-0.2, -0.15) is 0 Å². The van der Waals surface area contributed by atoms with Crippen LogP contribution < -0.4 is 5.32 Å². The SMILES string of the molecule is CCCCn1ccnc1CNC.Cl.Cl. The summed E-state index contributed by atoms with van der Waals surface area (Å²) in [6, 6.07) is 0. The molecule has 0 aliphatic carbocycles. The van der Waals surface area contributed by atoms with Gasteiger partial charge in [-0.15, -0.1) is 24.8 Å². The molecule has 5 heteroatoms. The summed E-state index contributed by atoms with van der Waals surface area (Å²) in [6.45, 7) is 4.15. The largest absolute Gasteiger partial charge is 0.334 e. The predicted octanol–water partition coefficient (Wildman–Crippen LogP) is 2.25. The molecule has 0 spiro atoms. The Morgan fingerprint density at radius 3 is 2.71 bits per heavy atom. The van der Waals surface area contributed by atoms with Gasteiger partial charge < -0.3 is 9.88 Å². The van der Waals surface area contributed by atoms with E-state index in [0.717, 1.165) is 18.9 Å². The van der Waals surface area contributed by atoms with Crippen molar-refractivity contribution in [3.8, 4) is 0 Å². The Bertz CT molecular complexity index is 226. The third-order valence-corrected chi connectivity index (χ3v) is 1.89. The fourth-order valence-electron chi connectivity index (χ4n) is 1.20. The summed E-state index contributed by atoms with van der Waals surface area (Å²) in [6.07, 6.45) is 6.37. The number of hydrogen-bond acceptors (Lipinski definition) is 2. The van der Waals surface area contributed by atoms with Crippen LogP contribution in [0.5, 0.6) is 0 Å². The van der Waals surface area contributed by atoms with Crippen LogP contribution in [0.15, 0.2) is 12.4 Å². The molecule has 1 aromatic heterocycles. The van der Waals surface area contributed by atoms with Gasteiger partial charge in [-0.05, 0) is 13.5 Å². The van der Waals surface area contributed by atoms with E-state index in [2.05, 4.69) is 21.8 Å². The van der Waals surface area contributed by atoms with Crippen molar-refractivity contribution in [2.24, 2.45) is 0 Å². The Morgan fingerprint density at radius 1 is 1.43 bits per heavy atom. The molecule has 14 heavy (non-hydrogen) atoms. The van der Waals surface area contributed by atoms with Crippen LogP contribution in [0.3, 0.4) is 0 Å². The second kappa shape index (κ2) is 9.31. The molecule has 0 atom stereocenters. The molecule has 1 N–H and O–H groups in total. The lowest BCUT2D eigenvalue weighted by Gasteiger charge is -2.05. The molecule has 0 radical (unpaired) electrons. The van der Waals surface area contributed by atoms with Crippen LogP contribution in [0.25, 0.3) is 0 Å². The first-order chi connectivity index (χ1) is 5.88. The Hall–Kier alpha value is -0.250. The highest BCUT2D eigenvalue weighted by Crippen LogP contribution is 2.00. The Balaban J connectivity index is 0. The third kappa shape index (κ3) is 4.84.